The first-order valence-corrected chi connectivity index (χ1v) is 7.76. The van der Waals surface area contributed by atoms with Crippen molar-refractivity contribution in [3.05, 3.63) is 28.2 Å². The van der Waals surface area contributed by atoms with Crippen LogP contribution < -0.4 is 5.32 Å². The highest BCUT2D eigenvalue weighted by Crippen LogP contribution is 2.25. The normalized spacial score (nSPS) is 22.0. The molecular formula is C15H19BrN2O3. The number of halogens is 1. The van der Waals surface area contributed by atoms with Gasteiger partial charge in [-0.15, -0.1) is 0 Å². The number of carboxylic acid groups (broad SMARTS) is 1. The van der Waals surface area contributed by atoms with E-state index in [0.717, 1.165) is 22.9 Å². The van der Waals surface area contributed by atoms with E-state index in [1.807, 2.05) is 26.0 Å². The first-order chi connectivity index (χ1) is 9.90. The number of urea groups is 1. The molecular weight excluding hydrogens is 336 g/mol. The van der Waals surface area contributed by atoms with E-state index >= 15 is 0 Å². The van der Waals surface area contributed by atoms with E-state index < -0.39 is 12.0 Å². The van der Waals surface area contributed by atoms with Gasteiger partial charge in [-0.1, -0.05) is 22.9 Å². The molecule has 6 heteroatoms. The molecule has 1 aliphatic heterocycles. The summed E-state index contributed by atoms with van der Waals surface area (Å²) in [6.07, 6.45) is 1.66. The van der Waals surface area contributed by atoms with E-state index in [1.54, 1.807) is 6.07 Å². The van der Waals surface area contributed by atoms with Crippen LogP contribution in [0, 0.1) is 12.8 Å². The monoisotopic (exact) mass is 354 g/mol. The van der Waals surface area contributed by atoms with Crippen LogP contribution in [0.25, 0.3) is 0 Å². The predicted octanol–water partition coefficient (Wildman–Crippen LogP) is 3.47. The maximum Gasteiger partial charge on any atom is 0.326 e. The number of rotatable bonds is 2. The fraction of sp³-hybridized carbons (Fsp3) is 0.467. The number of nitrogens with one attached hydrogen (secondary N) is 1. The van der Waals surface area contributed by atoms with Gasteiger partial charge in [-0.25, -0.2) is 9.59 Å². The zero-order chi connectivity index (χ0) is 15.6. The van der Waals surface area contributed by atoms with Gasteiger partial charge in [-0.3, -0.25) is 0 Å². The highest BCUT2D eigenvalue weighted by molar-refractivity contribution is 9.10. The Morgan fingerprint density at radius 1 is 1.43 bits per heavy atom. The maximum absolute atomic E-state index is 12.4. The van der Waals surface area contributed by atoms with Crippen molar-refractivity contribution in [1.82, 2.24) is 4.90 Å². The summed E-state index contributed by atoms with van der Waals surface area (Å²) in [5.41, 5.74) is 1.68. The van der Waals surface area contributed by atoms with E-state index in [4.69, 9.17) is 0 Å². The summed E-state index contributed by atoms with van der Waals surface area (Å²) in [5, 5.41) is 12.1. The standard InChI is InChI=1S/C15H19BrN2O3/c1-9-4-3-7-18(13(9)14(19)20)15(21)17-11-5-6-12(16)10(2)8-11/h5-6,8-9,13H,3-4,7H2,1-2H3,(H,17,21)(H,19,20). The van der Waals surface area contributed by atoms with Crippen LogP contribution >= 0.6 is 15.9 Å². The largest absolute Gasteiger partial charge is 0.480 e. The van der Waals surface area contributed by atoms with Gasteiger partial charge in [-0.05, 0) is 49.4 Å². The van der Waals surface area contributed by atoms with Crippen LogP contribution in [0.15, 0.2) is 22.7 Å². The molecule has 0 spiro atoms. The molecule has 1 aromatic carbocycles. The van der Waals surface area contributed by atoms with Gasteiger partial charge in [0.05, 0.1) is 0 Å². The van der Waals surface area contributed by atoms with Gasteiger partial charge in [0, 0.05) is 16.7 Å². The third-order valence-electron chi connectivity index (χ3n) is 3.86. The minimum absolute atomic E-state index is 0.0337. The number of anilines is 1. The van der Waals surface area contributed by atoms with Crippen molar-refractivity contribution in [2.24, 2.45) is 5.92 Å². The summed E-state index contributed by atoms with van der Waals surface area (Å²) in [6, 6.07) is 4.40. The second-order valence-corrected chi connectivity index (χ2v) is 6.34. The number of hydrogen-bond donors (Lipinski definition) is 2. The number of carboxylic acids is 1. The third-order valence-corrected chi connectivity index (χ3v) is 4.75. The molecule has 1 aromatic rings. The van der Waals surface area contributed by atoms with E-state index in [0.29, 0.717) is 12.2 Å². The van der Waals surface area contributed by atoms with Crippen molar-refractivity contribution in [1.29, 1.82) is 0 Å². The van der Waals surface area contributed by atoms with Gasteiger partial charge in [0.2, 0.25) is 0 Å². The molecule has 2 amide bonds. The molecule has 0 saturated carbocycles. The fourth-order valence-electron chi connectivity index (χ4n) is 2.71. The highest BCUT2D eigenvalue weighted by atomic mass is 79.9. The Balaban J connectivity index is 2.14. The topological polar surface area (TPSA) is 69.6 Å². The zero-order valence-electron chi connectivity index (χ0n) is 12.1. The molecule has 0 aromatic heterocycles. The fourth-order valence-corrected chi connectivity index (χ4v) is 2.96. The Bertz CT molecular complexity index is 562. The van der Waals surface area contributed by atoms with Crippen molar-refractivity contribution in [2.75, 3.05) is 11.9 Å². The van der Waals surface area contributed by atoms with Crippen molar-refractivity contribution in [3.8, 4) is 0 Å². The highest BCUT2D eigenvalue weighted by Gasteiger charge is 2.37. The summed E-state index contributed by atoms with van der Waals surface area (Å²) in [7, 11) is 0. The SMILES string of the molecule is Cc1cc(NC(=O)N2CCCC(C)C2C(=O)O)ccc1Br. The molecule has 0 bridgehead atoms. The number of amides is 2. The molecule has 2 atom stereocenters. The molecule has 1 fully saturated rings. The Morgan fingerprint density at radius 3 is 2.76 bits per heavy atom. The van der Waals surface area contributed by atoms with Gasteiger partial charge in [0.25, 0.3) is 0 Å². The Labute approximate surface area is 132 Å². The van der Waals surface area contributed by atoms with Crippen molar-refractivity contribution < 1.29 is 14.7 Å². The first kappa shape index (κ1) is 15.8. The molecule has 114 valence electrons. The molecule has 5 nitrogen and oxygen atoms in total. The number of aryl methyl sites for hydroxylation is 1. The number of benzene rings is 1. The second kappa shape index (κ2) is 6.47. The minimum Gasteiger partial charge on any atom is -0.480 e. The molecule has 0 radical (unpaired) electrons. The molecule has 2 rings (SSSR count). The number of nitrogens with zero attached hydrogens (tertiary/aromatic N) is 1. The summed E-state index contributed by atoms with van der Waals surface area (Å²) < 4.78 is 0.968. The van der Waals surface area contributed by atoms with E-state index in [-0.39, 0.29) is 11.9 Å². The van der Waals surface area contributed by atoms with E-state index in [2.05, 4.69) is 21.2 Å². The second-order valence-electron chi connectivity index (χ2n) is 5.49. The first-order valence-electron chi connectivity index (χ1n) is 6.96. The summed E-state index contributed by atoms with van der Waals surface area (Å²) in [4.78, 5) is 25.2. The van der Waals surface area contributed by atoms with Crippen LogP contribution in [0.5, 0.6) is 0 Å². The molecule has 2 N–H and O–H groups in total. The number of piperidine rings is 1. The van der Waals surface area contributed by atoms with Crippen molar-refractivity contribution in [3.63, 3.8) is 0 Å². The van der Waals surface area contributed by atoms with Crippen molar-refractivity contribution in [2.45, 2.75) is 32.7 Å². The summed E-state index contributed by atoms with van der Waals surface area (Å²) in [6.45, 7) is 4.29. The molecule has 0 aliphatic carbocycles. The smallest absolute Gasteiger partial charge is 0.326 e. The number of hydrogen-bond acceptors (Lipinski definition) is 2. The van der Waals surface area contributed by atoms with Crippen LogP contribution in [0.2, 0.25) is 0 Å². The number of aliphatic carboxylic acids is 1. The number of likely N-dealkylation sites (tertiary alicyclic amines) is 1. The average Bonchev–Trinajstić information content (AvgIpc) is 2.42. The average molecular weight is 355 g/mol. The molecule has 1 saturated heterocycles. The van der Waals surface area contributed by atoms with Crippen LogP contribution in [-0.2, 0) is 4.79 Å². The molecule has 1 aliphatic rings. The van der Waals surface area contributed by atoms with Crippen LogP contribution in [0.3, 0.4) is 0 Å². The Hall–Kier alpha value is -1.56. The Morgan fingerprint density at radius 2 is 2.14 bits per heavy atom. The van der Waals surface area contributed by atoms with Gasteiger partial charge in [0.15, 0.2) is 0 Å². The van der Waals surface area contributed by atoms with Gasteiger partial charge in [-0.2, -0.15) is 0 Å². The molecule has 1 heterocycles. The van der Waals surface area contributed by atoms with Gasteiger partial charge in [0.1, 0.15) is 6.04 Å². The van der Waals surface area contributed by atoms with Crippen LogP contribution in [0.1, 0.15) is 25.3 Å². The lowest BCUT2D eigenvalue weighted by Crippen LogP contribution is -2.53. The number of carbonyl (C=O) groups is 2. The lowest BCUT2D eigenvalue weighted by atomic mass is 9.91. The van der Waals surface area contributed by atoms with Crippen LogP contribution in [-0.4, -0.2) is 34.6 Å². The van der Waals surface area contributed by atoms with Crippen LogP contribution in [0.4, 0.5) is 10.5 Å². The van der Waals surface area contributed by atoms with E-state index in [9.17, 15) is 14.7 Å². The molecule has 21 heavy (non-hydrogen) atoms. The lowest BCUT2D eigenvalue weighted by Gasteiger charge is -2.37. The third kappa shape index (κ3) is 3.56. The van der Waals surface area contributed by atoms with Gasteiger partial charge >= 0.3 is 12.0 Å². The quantitative estimate of drug-likeness (QED) is 0.853. The Kier molecular flexibility index (Phi) is 4.88. The number of carbonyl (C=O) groups excluding carboxylic acids is 1. The lowest BCUT2D eigenvalue weighted by molar-refractivity contribution is -0.145. The van der Waals surface area contributed by atoms with Gasteiger partial charge < -0.3 is 15.3 Å². The maximum atomic E-state index is 12.4. The minimum atomic E-state index is -0.940. The summed E-state index contributed by atoms with van der Waals surface area (Å²) in [5.74, 6) is -0.974. The van der Waals surface area contributed by atoms with Crippen molar-refractivity contribution >= 4 is 33.6 Å². The molecule has 2 unspecified atom stereocenters. The summed E-state index contributed by atoms with van der Waals surface area (Å²) >= 11 is 3.41. The predicted molar refractivity (Wildman–Crippen MR) is 84.4 cm³/mol. The zero-order valence-corrected chi connectivity index (χ0v) is 13.7. The van der Waals surface area contributed by atoms with E-state index in [1.165, 1.54) is 4.90 Å².